The third-order valence-corrected chi connectivity index (χ3v) is 5.31. The second-order valence-electron chi connectivity index (χ2n) is 8.16. The molecule has 1 heterocycles. The number of likely N-dealkylation sites (tertiary alicyclic amines) is 1. The zero-order valence-electron chi connectivity index (χ0n) is 23.3. The topological polar surface area (TPSA) is 108 Å². The molecule has 0 aromatic carbocycles. The van der Waals surface area contributed by atoms with E-state index in [1.54, 1.807) is 13.0 Å². The van der Waals surface area contributed by atoms with Crippen molar-refractivity contribution in [2.45, 2.75) is 104 Å². The Balaban J connectivity index is -0.000000872. The molecule has 0 spiro atoms. The van der Waals surface area contributed by atoms with E-state index in [0.717, 1.165) is 65.2 Å². The first-order chi connectivity index (χ1) is 16.8. The Morgan fingerprint density at radius 2 is 1.77 bits per heavy atom. The van der Waals surface area contributed by atoms with Crippen LogP contribution in [0.25, 0.3) is 0 Å². The van der Waals surface area contributed by atoms with Crippen LogP contribution in [0.15, 0.2) is 25.3 Å². The largest absolute Gasteiger partial charge is 0.468 e. The van der Waals surface area contributed by atoms with E-state index in [-0.39, 0.29) is 18.0 Å². The van der Waals surface area contributed by atoms with Crippen molar-refractivity contribution in [3.05, 3.63) is 25.3 Å². The molecule has 2 unspecified atom stereocenters. The van der Waals surface area contributed by atoms with Crippen molar-refractivity contribution < 1.29 is 29.3 Å². The van der Waals surface area contributed by atoms with Crippen LogP contribution in [0.4, 0.5) is 0 Å². The molecule has 1 aliphatic rings. The van der Waals surface area contributed by atoms with Gasteiger partial charge >= 0.3 is 0 Å². The van der Waals surface area contributed by atoms with Gasteiger partial charge in [0.15, 0.2) is 0 Å². The van der Waals surface area contributed by atoms with Gasteiger partial charge in [-0.3, -0.25) is 14.9 Å². The second-order valence-corrected chi connectivity index (χ2v) is 8.16. The van der Waals surface area contributed by atoms with Crippen molar-refractivity contribution in [3.8, 4) is 0 Å². The molecule has 1 amide bonds. The number of carbonyl (C=O) groups excluding carboxylic acids is 2. The van der Waals surface area contributed by atoms with E-state index in [2.05, 4.69) is 37.1 Å². The summed E-state index contributed by atoms with van der Waals surface area (Å²) in [7, 11) is 1.00. The van der Waals surface area contributed by atoms with Crippen molar-refractivity contribution in [1.29, 1.82) is 0 Å². The molecular formula is C27H54N2O6. The average Bonchev–Trinajstić information content (AvgIpc) is 3.36. The highest BCUT2D eigenvalue weighted by Crippen LogP contribution is 2.27. The van der Waals surface area contributed by atoms with Crippen LogP contribution in [0.5, 0.6) is 0 Å². The molecule has 3 N–H and O–H groups in total. The molecule has 0 bridgehead atoms. The number of aliphatic hydroxyl groups excluding tert-OH is 1. The zero-order valence-corrected chi connectivity index (χ0v) is 23.3. The van der Waals surface area contributed by atoms with Crippen LogP contribution in [0.1, 0.15) is 86.0 Å². The maximum atomic E-state index is 12.6. The van der Waals surface area contributed by atoms with Gasteiger partial charge < -0.3 is 24.6 Å². The first-order valence-electron chi connectivity index (χ1n) is 12.8. The van der Waals surface area contributed by atoms with Crippen molar-refractivity contribution in [1.82, 2.24) is 10.2 Å². The number of unbranched alkanes of at least 4 members (excludes halogenated alkanes) is 1. The SMILES string of the molecule is C=CC.C=CCCCOCCCC(=O)N1CCCC1C(C)(O)NC(CC)CC.CCOC=O.CO. The number of carbonyl (C=O) groups is 2. The summed E-state index contributed by atoms with van der Waals surface area (Å²) in [5.74, 6) is 0.129. The smallest absolute Gasteiger partial charge is 0.293 e. The quantitative estimate of drug-likeness (QED) is 0.133. The predicted octanol–water partition coefficient (Wildman–Crippen LogP) is 4.21. The van der Waals surface area contributed by atoms with Gasteiger partial charge in [-0.15, -0.1) is 13.2 Å². The number of aliphatic hydroxyl groups is 2. The lowest BCUT2D eigenvalue weighted by Gasteiger charge is -2.39. The Kier molecular flexibility index (Phi) is 29.0. The lowest BCUT2D eigenvalue weighted by atomic mass is 10.00. The van der Waals surface area contributed by atoms with Gasteiger partial charge in [-0.2, -0.15) is 0 Å². The fourth-order valence-corrected chi connectivity index (χ4v) is 3.62. The first-order valence-corrected chi connectivity index (χ1v) is 12.8. The molecule has 8 nitrogen and oxygen atoms in total. The van der Waals surface area contributed by atoms with Crippen LogP contribution in [-0.4, -0.2) is 78.8 Å². The lowest BCUT2D eigenvalue weighted by molar-refractivity contribution is -0.140. The van der Waals surface area contributed by atoms with Crippen LogP contribution in [0, 0.1) is 0 Å². The fourth-order valence-electron chi connectivity index (χ4n) is 3.62. The summed E-state index contributed by atoms with van der Waals surface area (Å²) >= 11 is 0. The number of nitrogens with zero attached hydrogens (tertiary/aromatic N) is 1. The molecule has 35 heavy (non-hydrogen) atoms. The average molecular weight is 503 g/mol. The summed E-state index contributed by atoms with van der Waals surface area (Å²) in [6.07, 6.45) is 10.6. The van der Waals surface area contributed by atoms with E-state index in [1.165, 1.54) is 0 Å². The van der Waals surface area contributed by atoms with Crippen molar-refractivity contribution in [2.75, 3.05) is 33.5 Å². The monoisotopic (exact) mass is 502 g/mol. The lowest BCUT2D eigenvalue weighted by Crippen LogP contribution is -2.60. The Bertz CT molecular complexity index is 510. The zero-order chi connectivity index (χ0) is 27.5. The maximum Gasteiger partial charge on any atom is 0.293 e. The van der Waals surface area contributed by atoms with Gasteiger partial charge in [-0.25, -0.2) is 0 Å². The molecule has 0 radical (unpaired) electrons. The first kappa shape index (κ1) is 37.8. The summed E-state index contributed by atoms with van der Waals surface area (Å²) in [5, 5.41) is 21.3. The van der Waals surface area contributed by atoms with Gasteiger partial charge in [0.2, 0.25) is 5.91 Å². The number of hydrogen-bond acceptors (Lipinski definition) is 7. The predicted molar refractivity (Wildman–Crippen MR) is 144 cm³/mol. The minimum Gasteiger partial charge on any atom is -0.468 e. The highest BCUT2D eigenvalue weighted by Gasteiger charge is 2.41. The molecule has 0 saturated carbocycles. The number of amides is 1. The number of hydrogen-bond donors (Lipinski definition) is 3. The molecule has 0 aromatic heterocycles. The minimum atomic E-state index is -1.04. The number of allylic oxidation sites excluding steroid dienone is 2. The van der Waals surface area contributed by atoms with E-state index in [0.29, 0.717) is 26.1 Å². The van der Waals surface area contributed by atoms with Crippen LogP contribution in [0.2, 0.25) is 0 Å². The molecular weight excluding hydrogens is 448 g/mol. The summed E-state index contributed by atoms with van der Waals surface area (Å²) in [5.41, 5.74) is -1.04. The third-order valence-electron chi connectivity index (χ3n) is 5.31. The van der Waals surface area contributed by atoms with E-state index < -0.39 is 5.72 Å². The molecule has 1 fully saturated rings. The van der Waals surface area contributed by atoms with Crippen LogP contribution < -0.4 is 5.32 Å². The highest BCUT2D eigenvalue weighted by atomic mass is 16.5. The van der Waals surface area contributed by atoms with E-state index >= 15 is 0 Å². The second kappa shape index (κ2) is 26.9. The molecule has 0 aromatic rings. The molecule has 0 aliphatic carbocycles. The molecule has 2 atom stereocenters. The summed E-state index contributed by atoms with van der Waals surface area (Å²) in [6.45, 7) is 19.7. The minimum absolute atomic E-state index is 0.129. The van der Waals surface area contributed by atoms with Crippen LogP contribution in [0.3, 0.4) is 0 Å². The van der Waals surface area contributed by atoms with Crippen LogP contribution in [-0.2, 0) is 19.1 Å². The van der Waals surface area contributed by atoms with Gasteiger partial charge in [0, 0.05) is 39.3 Å². The summed E-state index contributed by atoms with van der Waals surface area (Å²) < 4.78 is 9.70. The molecule has 8 heteroatoms. The van der Waals surface area contributed by atoms with Gasteiger partial charge in [0.25, 0.3) is 6.47 Å². The normalized spacial score (nSPS) is 15.8. The van der Waals surface area contributed by atoms with Gasteiger partial charge in [-0.05, 0) is 65.7 Å². The Morgan fingerprint density at radius 3 is 2.23 bits per heavy atom. The fraction of sp³-hybridized carbons (Fsp3) is 0.778. The van der Waals surface area contributed by atoms with Crippen molar-refractivity contribution in [3.63, 3.8) is 0 Å². The van der Waals surface area contributed by atoms with Gasteiger partial charge in [-0.1, -0.05) is 26.0 Å². The third kappa shape index (κ3) is 20.2. The molecule has 1 aliphatic heterocycles. The number of ether oxygens (including phenoxy) is 2. The van der Waals surface area contributed by atoms with E-state index in [4.69, 9.17) is 9.84 Å². The van der Waals surface area contributed by atoms with Crippen molar-refractivity contribution in [2.24, 2.45) is 0 Å². The Labute approximate surface area is 214 Å². The van der Waals surface area contributed by atoms with Gasteiger partial charge in [0.05, 0.1) is 12.6 Å². The Morgan fingerprint density at radius 1 is 1.20 bits per heavy atom. The highest BCUT2D eigenvalue weighted by molar-refractivity contribution is 5.77. The number of nitrogens with one attached hydrogen (secondary N) is 1. The van der Waals surface area contributed by atoms with Crippen molar-refractivity contribution >= 4 is 12.4 Å². The summed E-state index contributed by atoms with van der Waals surface area (Å²) in [6, 6.07) is 0.130. The molecule has 1 saturated heterocycles. The summed E-state index contributed by atoms with van der Waals surface area (Å²) in [4.78, 5) is 23.6. The van der Waals surface area contributed by atoms with E-state index in [1.807, 2.05) is 24.8 Å². The molecule has 1 rings (SSSR count). The Hall–Kier alpha value is -1.74. The van der Waals surface area contributed by atoms with E-state index in [9.17, 15) is 14.7 Å². The number of rotatable bonds is 15. The maximum absolute atomic E-state index is 12.6. The standard InChI is InChI=1S/C20H38N2O3.C3H6O2.C3H6.CH4O/c1-5-8-9-15-25-16-11-13-19(23)22-14-10-12-18(22)20(4,24)21-17(6-2)7-3;1-2-5-3-4;1-3-2;1-2/h5,17-18,21,24H,1,6-16H2,2-4H3;3H,2H2,1H3;3H,1H2,2H3;2H,1H3. The van der Waals surface area contributed by atoms with Gasteiger partial charge in [0.1, 0.15) is 5.72 Å². The van der Waals surface area contributed by atoms with Crippen LogP contribution >= 0.6 is 0 Å². The molecule has 208 valence electrons.